The molecule has 0 bridgehead atoms. The largest absolute Gasteiger partial charge is 0.354 e. The molecule has 0 radical (unpaired) electrons. The van der Waals surface area contributed by atoms with Crippen molar-refractivity contribution in [1.82, 2.24) is 25.2 Å². The van der Waals surface area contributed by atoms with Crippen molar-refractivity contribution in [2.45, 2.75) is 30.0 Å². The van der Waals surface area contributed by atoms with Crippen molar-refractivity contribution in [3.8, 4) is 0 Å². The molecule has 0 saturated carbocycles. The van der Waals surface area contributed by atoms with Gasteiger partial charge in [-0.15, -0.1) is 11.3 Å². The lowest BCUT2D eigenvalue weighted by atomic mass is 9.76. The van der Waals surface area contributed by atoms with Gasteiger partial charge in [-0.25, -0.2) is 9.97 Å². The molecule has 2 aromatic heterocycles. The Morgan fingerprint density at radius 2 is 1.05 bits per heavy atom. The van der Waals surface area contributed by atoms with Gasteiger partial charge in [0.2, 0.25) is 5.91 Å². The van der Waals surface area contributed by atoms with Crippen molar-refractivity contribution in [2.24, 2.45) is 0 Å². The van der Waals surface area contributed by atoms with Crippen LogP contribution in [0.15, 0.2) is 199 Å². The molecule has 6 aromatic carbocycles. The van der Waals surface area contributed by atoms with Crippen LogP contribution in [-0.2, 0) is 22.3 Å². The molecule has 8 rings (SSSR count). The Balaban J connectivity index is 1.08. The first kappa shape index (κ1) is 37.4. The van der Waals surface area contributed by atoms with Crippen LogP contribution >= 0.6 is 11.3 Å². The Kier molecular flexibility index (Phi) is 11.2. The van der Waals surface area contributed by atoms with Gasteiger partial charge in [-0.1, -0.05) is 182 Å². The molecule has 0 saturated heterocycles. The number of amides is 1. The second-order valence-electron chi connectivity index (χ2n) is 13.9. The second-order valence-corrected chi connectivity index (χ2v) is 14.6. The van der Waals surface area contributed by atoms with E-state index in [1.807, 2.05) is 157 Å². The number of carbonyl (C=O) groups is 1. The predicted octanol–water partition coefficient (Wildman–Crippen LogP) is 9.69. The third kappa shape index (κ3) is 7.45. The first-order valence-electron chi connectivity index (χ1n) is 19.1. The number of imidazole rings is 1. The zero-order chi connectivity index (χ0) is 38.9. The summed E-state index contributed by atoms with van der Waals surface area (Å²) in [7, 11) is 0. The maximum Gasteiger partial charge on any atom is 0.290 e. The maximum absolute atomic E-state index is 16.4. The number of halogens is 1. The molecule has 1 amide bonds. The number of carbonyl (C=O) groups excluding carboxylic acids is 1. The highest BCUT2D eigenvalue weighted by Gasteiger charge is 2.42. The van der Waals surface area contributed by atoms with E-state index < -0.39 is 23.2 Å². The zero-order valence-corrected chi connectivity index (χ0v) is 32.1. The van der Waals surface area contributed by atoms with Crippen LogP contribution in [0, 0.1) is 6.08 Å². The molecule has 6 nitrogen and oxygen atoms in total. The van der Waals surface area contributed by atoms with Gasteiger partial charge in [-0.3, -0.25) is 14.7 Å². The summed E-state index contributed by atoms with van der Waals surface area (Å²) < 4.78 is 18.1. The summed E-state index contributed by atoms with van der Waals surface area (Å²) in [5, 5.41) is 8.91. The maximum atomic E-state index is 16.4. The highest BCUT2D eigenvalue weighted by molar-refractivity contribution is 7.07. The van der Waals surface area contributed by atoms with Crippen LogP contribution in [0.25, 0.3) is 0 Å². The van der Waals surface area contributed by atoms with Crippen LogP contribution in [0.5, 0.6) is 0 Å². The summed E-state index contributed by atoms with van der Waals surface area (Å²) in [6.07, 6.45) is 2.23. The summed E-state index contributed by atoms with van der Waals surface area (Å²) in [4.78, 5) is 23.5. The molecular weight excluding hydrogens is 726 g/mol. The average Bonchev–Trinajstić information content (AvgIpc) is 3.96. The predicted molar refractivity (Wildman–Crippen MR) is 225 cm³/mol. The molecule has 8 aromatic rings. The van der Waals surface area contributed by atoms with Crippen molar-refractivity contribution in [2.75, 3.05) is 6.54 Å². The summed E-state index contributed by atoms with van der Waals surface area (Å²) in [6.45, 7) is 0.353. The van der Waals surface area contributed by atoms with Gasteiger partial charge in [0.05, 0.1) is 22.4 Å². The minimum Gasteiger partial charge on any atom is -0.354 e. The molecule has 57 heavy (non-hydrogen) atoms. The van der Waals surface area contributed by atoms with Crippen molar-refractivity contribution in [1.29, 1.82) is 0 Å². The van der Waals surface area contributed by atoms with Crippen LogP contribution < -0.4 is 10.6 Å². The Morgan fingerprint density at radius 1 is 0.632 bits per heavy atom. The number of hydrogen-bond donors (Lipinski definition) is 2. The van der Waals surface area contributed by atoms with Gasteiger partial charge in [0, 0.05) is 18.1 Å². The van der Waals surface area contributed by atoms with Crippen molar-refractivity contribution >= 4 is 17.2 Å². The van der Waals surface area contributed by atoms with Gasteiger partial charge >= 0.3 is 0 Å². The van der Waals surface area contributed by atoms with Crippen LogP contribution in [0.1, 0.15) is 57.2 Å². The van der Waals surface area contributed by atoms with E-state index in [1.54, 1.807) is 10.1 Å². The number of aromatic nitrogens is 3. The SMILES string of the molecule is O=C(NCCCc1cn(C(c2ccccc2)(c2ccccc2)c2ccccc2)c(F)n1)C(NC(c1ccccc1)(c1ccccc1)c1ccccc1)c1cscn1. The molecule has 1 atom stereocenters. The van der Waals surface area contributed by atoms with Crippen LogP contribution in [-0.4, -0.2) is 27.0 Å². The van der Waals surface area contributed by atoms with Gasteiger partial charge in [0.25, 0.3) is 6.08 Å². The summed E-state index contributed by atoms with van der Waals surface area (Å²) in [5.74, 6) is -0.207. The zero-order valence-electron chi connectivity index (χ0n) is 31.3. The second kappa shape index (κ2) is 17.1. The lowest BCUT2D eigenvalue weighted by Gasteiger charge is -2.39. The van der Waals surface area contributed by atoms with Gasteiger partial charge in [-0.05, 0) is 46.2 Å². The molecular formula is C49H42FN5OS. The van der Waals surface area contributed by atoms with Crippen LogP contribution in [0.2, 0.25) is 0 Å². The third-order valence-corrected chi connectivity index (χ3v) is 11.2. The Hall–Kier alpha value is -6.48. The fourth-order valence-electron chi connectivity index (χ4n) is 7.97. The number of hydrogen-bond acceptors (Lipinski definition) is 5. The molecule has 0 fully saturated rings. The quantitative estimate of drug-likeness (QED) is 0.0806. The van der Waals surface area contributed by atoms with E-state index in [0.29, 0.717) is 30.8 Å². The van der Waals surface area contributed by atoms with E-state index in [2.05, 4.69) is 57.0 Å². The highest BCUT2D eigenvalue weighted by atomic mass is 32.1. The number of benzene rings is 6. The molecule has 0 aliphatic carbocycles. The van der Waals surface area contributed by atoms with Crippen molar-refractivity contribution < 1.29 is 9.18 Å². The van der Waals surface area contributed by atoms with Gasteiger partial charge in [0.15, 0.2) is 0 Å². The first-order chi connectivity index (χ1) is 28.1. The lowest BCUT2D eigenvalue weighted by molar-refractivity contribution is -0.123. The van der Waals surface area contributed by atoms with E-state index in [0.717, 1.165) is 33.4 Å². The Morgan fingerprint density at radius 3 is 1.46 bits per heavy atom. The van der Waals surface area contributed by atoms with E-state index in [1.165, 1.54) is 11.3 Å². The van der Waals surface area contributed by atoms with Crippen LogP contribution in [0.4, 0.5) is 4.39 Å². The van der Waals surface area contributed by atoms with E-state index >= 15 is 4.39 Å². The molecule has 2 heterocycles. The smallest absolute Gasteiger partial charge is 0.290 e. The van der Waals surface area contributed by atoms with Gasteiger partial charge < -0.3 is 5.32 Å². The fraction of sp³-hybridized carbons (Fsp3) is 0.122. The van der Waals surface area contributed by atoms with Crippen molar-refractivity contribution in [3.05, 3.63) is 250 Å². The summed E-state index contributed by atoms with van der Waals surface area (Å²) in [5.41, 5.74) is 6.79. The van der Waals surface area contributed by atoms with E-state index in [9.17, 15) is 4.79 Å². The third-order valence-electron chi connectivity index (χ3n) is 10.5. The molecule has 0 aliphatic heterocycles. The van der Waals surface area contributed by atoms with Crippen molar-refractivity contribution in [3.63, 3.8) is 0 Å². The Bertz CT molecular complexity index is 2270. The van der Waals surface area contributed by atoms with Gasteiger partial charge in [0.1, 0.15) is 11.6 Å². The number of thiazole rings is 1. The van der Waals surface area contributed by atoms with E-state index in [4.69, 9.17) is 0 Å². The van der Waals surface area contributed by atoms with Crippen LogP contribution in [0.3, 0.4) is 0 Å². The fourth-order valence-corrected chi connectivity index (χ4v) is 8.55. The van der Waals surface area contributed by atoms with E-state index in [-0.39, 0.29) is 5.91 Å². The average molecular weight is 768 g/mol. The number of rotatable bonds is 15. The molecule has 0 spiro atoms. The molecule has 1 unspecified atom stereocenters. The monoisotopic (exact) mass is 767 g/mol. The van der Waals surface area contributed by atoms with Gasteiger partial charge in [-0.2, -0.15) is 4.39 Å². The number of aryl methyl sites for hydroxylation is 1. The minimum absolute atomic E-state index is 0.207. The highest BCUT2D eigenvalue weighted by Crippen LogP contribution is 2.42. The Labute approximate surface area is 336 Å². The minimum atomic E-state index is -1.01. The molecule has 0 aliphatic rings. The number of nitrogens with zero attached hydrogens (tertiary/aromatic N) is 3. The molecule has 282 valence electrons. The summed E-state index contributed by atoms with van der Waals surface area (Å²) >= 11 is 1.45. The number of nitrogens with one attached hydrogen (secondary N) is 2. The normalized spacial score (nSPS) is 12.2. The standard InChI is InChI=1S/C49H42FN5OS/c50-47-53-43(34-55(47)49(40-26-13-4-14-27-40,41-28-15-5-16-29-41)42-30-17-6-18-31-42)32-19-33-51-46(56)45(44-35-57-36-52-44)54-48(37-20-7-1-8-21-37,38-22-9-2-10-23-38)39-24-11-3-12-25-39/h1-18,20-31,34-36,45,54H,19,32-33H2,(H,51,56). The summed E-state index contributed by atoms with van der Waals surface area (Å²) in [6, 6.07) is 59.8. The first-order valence-corrected chi connectivity index (χ1v) is 20.1. The molecule has 8 heteroatoms. The molecule has 2 N–H and O–H groups in total. The topological polar surface area (TPSA) is 71.8 Å². The lowest BCUT2D eigenvalue weighted by Crippen LogP contribution is -2.51.